The monoisotopic (exact) mass is 280 g/mol. The summed E-state index contributed by atoms with van der Waals surface area (Å²) in [6.07, 6.45) is 2.09. The van der Waals surface area contributed by atoms with Crippen LogP contribution < -0.4 is 5.73 Å². The van der Waals surface area contributed by atoms with Gasteiger partial charge in [-0.1, -0.05) is 24.3 Å². The highest BCUT2D eigenvalue weighted by Gasteiger charge is 2.43. The Kier molecular flexibility index (Phi) is 2.62. The summed E-state index contributed by atoms with van der Waals surface area (Å²) in [6, 6.07) is 11.0. The van der Waals surface area contributed by atoms with Crippen LogP contribution in [0.3, 0.4) is 0 Å². The molecule has 4 heteroatoms. The zero-order valence-corrected chi connectivity index (χ0v) is 11.6. The lowest BCUT2D eigenvalue weighted by Gasteiger charge is -2.33. The molecule has 1 atom stereocenters. The molecule has 106 valence electrons. The van der Waals surface area contributed by atoms with Crippen molar-refractivity contribution in [3.05, 3.63) is 47.5 Å². The molecule has 1 aliphatic carbocycles. The van der Waals surface area contributed by atoms with Crippen LogP contribution in [0.2, 0.25) is 0 Å². The largest absolute Gasteiger partial charge is 0.328 e. The van der Waals surface area contributed by atoms with Crippen LogP contribution >= 0.6 is 0 Å². The molecule has 2 N–H and O–H groups in total. The second-order valence-electron chi connectivity index (χ2n) is 5.83. The molecule has 2 amide bonds. The third kappa shape index (κ3) is 1.72. The van der Waals surface area contributed by atoms with E-state index in [1.54, 1.807) is 12.1 Å². The highest BCUT2D eigenvalue weighted by atomic mass is 16.2. The van der Waals surface area contributed by atoms with Crippen molar-refractivity contribution in [3.8, 4) is 0 Å². The van der Waals surface area contributed by atoms with Crippen LogP contribution in [0.5, 0.6) is 0 Å². The van der Waals surface area contributed by atoms with Gasteiger partial charge in [-0.15, -0.1) is 0 Å². The third-order valence-electron chi connectivity index (χ3n) is 4.54. The Hall–Kier alpha value is -2.20. The molecule has 1 unspecified atom stereocenters. The minimum atomic E-state index is -0.202. The number of rotatable bonds is 3. The maximum absolute atomic E-state index is 12.8. The molecule has 2 aromatic rings. The van der Waals surface area contributed by atoms with E-state index in [9.17, 15) is 9.59 Å². The number of amides is 2. The fraction of sp³-hybridized carbons (Fsp3) is 0.294. The Balaban J connectivity index is 1.92. The van der Waals surface area contributed by atoms with Crippen molar-refractivity contribution in [1.29, 1.82) is 0 Å². The minimum Gasteiger partial charge on any atom is -0.328 e. The Morgan fingerprint density at radius 1 is 1.05 bits per heavy atom. The third-order valence-corrected chi connectivity index (χ3v) is 4.54. The van der Waals surface area contributed by atoms with Crippen molar-refractivity contribution in [1.82, 2.24) is 4.90 Å². The maximum Gasteiger partial charge on any atom is 0.261 e. The number of carbonyl (C=O) groups excluding carboxylic acids is 2. The normalized spacial score (nSPS) is 19.2. The first-order chi connectivity index (χ1) is 10.2. The lowest BCUT2D eigenvalue weighted by molar-refractivity contribution is 0.0525. The van der Waals surface area contributed by atoms with Crippen LogP contribution in [0.4, 0.5) is 0 Å². The van der Waals surface area contributed by atoms with Crippen LogP contribution in [0, 0.1) is 5.92 Å². The highest BCUT2D eigenvalue weighted by molar-refractivity contribution is 6.25. The molecular weight excluding hydrogens is 264 g/mol. The van der Waals surface area contributed by atoms with E-state index < -0.39 is 0 Å². The fourth-order valence-corrected chi connectivity index (χ4v) is 3.34. The molecule has 0 aromatic heterocycles. The number of benzene rings is 2. The number of nitrogens with two attached hydrogens (primary N) is 1. The predicted molar refractivity (Wildman–Crippen MR) is 80.0 cm³/mol. The molecule has 0 spiro atoms. The standard InChI is InChI=1S/C17H16N2O2/c18-9-14(10-7-8-10)19-16(20)12-5-1-3-11-4-2-6-13(15(11)12)17(19)21/h1-6,10,14H,7-9,18H2. The van der Waals surface area contributed by atoms with Crippen LogP contribution in [0.1, 0.15) is 33.6 Å². The predicted octanol–water partition coefficient (Wildman–Crippen LogP) is 2.17. The summed E-state index contributed by atoms with van der Waals surface area (Å²) >= 11 is 0. The van der Waals surface area contributed by atoms with Crippen molar-refractivity contribution in [2.24, 2.45) is 11.7 Å². The molecule has 1 fully saturated rings. The number of hydrogen-bond acceptors (Lipinski definition) is 3. The second-order valence-corrected chi connectivity index (χ2v) is 5.83. The van der Waals surface area contributed by atoms with Crippen molar-refractivity contribution < 1.29 is 9.59 Å². The van der Waals surface area contributed by atoms with E-state index in [-0.39, 0.29) is 17.9 Å². The smallest absolute Gasteiger partial charge is 0.261 e. The molecule has 2 aromatic carbocycles. The van der Waals surface area contributed by atoms with Crippen molar-refractivity contribution >= 4 is 22.6 Å². The summed E-state index contributed by atoms with van der Waals surface area (Å²) in [4.78, 5) is 27.0. The SMILES string of the molecule is NCC(C1CC1)N1C(=O)c2cccc3cccc(c23)C1=O. The first kappa shape index (κ1) is 12.5. The zero-order valence-electron chi connectivity index (χ0n) is 11.6. The summed E-state index contributed by atoms with van der Waals surface area (Å²) in [6.45, 7) is 0.334. The van der Waals surface area contributed by atoms with Gasteiger partial charge in [0.15, 0.2) is 0 Å². The summed E-state index contributed by atoms with van der Waals surface area (Å²) < 4.78 is 0. The molecular formula is C17H16N2O2. The van der Waals surface area contributed by atoms with Gasteiger partial charge in [0.2, 0.25) is 0 Å². The number of imide groups is 1. The van der Waals surface area contributed by atoms with E-state index in [1.165, 1.54) is 4.90 Å². The first-order valence-electron chi connectivity index (χ1n) is 7.32. The minimum absolute atomic E-state index is 0.173. The van der Waals surface area contributed by atoms with Crippen molar-refractivity contribution in [2.45, 2.75) is 18.9 Å². The van der Waals surface area contributed by atoms with Crippen LogP contribution in [0.25, 0.3) is 10.8 Å². The van der Waals surface area contributed by atoms with Gasteiger partial charge in [0.05, 0.1) is 6.04 Å². The van der Waals surface area contributed by atoms with Gasteiger partial charge < -0.3 is 5.73 Å². The highest BCUT2D eigenvalue weighted by Crippen LogP contribution is 2.38. The Morgan fingerprint density at radius 3 is 2.10 bits per heavy atom. The molecule has 0 saturated heterocycles. The molecule has 1 heterocycles. The summed E-state index contributed by atoms with van der Waals surface area (Å²) in [5.74, 6) is -0.0364. The topological polar surface area (TPSA) is 63.4 Å². The summed E-state index contributed by atoms with van der Waals surface area (Å²) in [5, 5.41) is 1.71. The van der Waals surface area contributed by atoms with Gasteiger partial charge in [-0.2, -0.15) is 0 Å². The average Bonchev–Trinajstić information content (AvgIpc) is 3.33. The van der Waals surface area contributed by atoms with Gasteiger partial charge in [-0.25, -0.2) is 0 Å². The van der Waals surface area contributed by atoms with E-state index in [4.69, 9.17) is 5.73 Å². The lowest BCUT2D eigenvalue weighted by Crippen LogP contribution is -2.51. The average molecular weight is 280 g/mol. The molecule has 21 heavy (non-hydrogen) atoms. The lowest BCUT2D eigenvalue weighted by atomic mass is 9.92. The van der Waals surface area contributed by atoms with E-state index in [1.807, 2.05) is 24.3 Å². The van der Waals surface area contributed by atoms with Gasteiger partial charge in [-0.05, 0) is 36.3 Å². The van der Waals surface area contributed by atoms with Crippen molar-refractivity contribution in [3.63, 3.8) is 0 Å². The van der Waals surface area contributed by atoms with Gasteiger partial charge in [-0.3, -0.25) is 14.5 Å². The Bertz CT molecular complexity index is 714. The zero-order chi connectivity index (χ0) is 14.6. The summed E-state index contributed by atoms with van der Waals surface area (Å²) in [5.41, 5.74) is 7.07. The maximum atomic E-state index is 12.8. The van der Waals surface area contributed by atoms with Crippen LogP contribution in [-0.2, 0) is 0 Å². The van der Waals surface area contributed by atoms with Gasteiger partial charge in [0.1, 0.15) is 0 Å². The molecule has 0 bridgehead atoms. The molecule has 1 saturated carbocycles. The van der Waals surface area contributed by atoms with E-state index in [0.29, 0.717) is 23.6 Å². The van der Waals surface area contributed by atoms with Gasteiger partial charge in [0, 0.05) is 23.1 Å². The first-order valence-corrected chi connectivity index (χ1v) is 7.32. The van der Waals surface area contributed by atoms with Gasteiger partial charge in [0.25, 0.3) is 11.8 Å². The summed E-state index contributed by atoms with van der Waals surface area (Å²) in [7, 11) is 0. The van der Waals surface area contributed by atoms with Crippen LogP contribution in [-0.4, -0.2) is 29.3 Å². The molecule has 4 nitrogen and oxygen atoms in total. The quantitative estimate of drug-likeness (QED) is 0.876. The number of nitrogens with zero attached hydrogens (tertiary/aromatic N) is 1. The molecule has 2 aliphatic rings. The van der Waals surface area contributed by atoms with Gasteiger partial charge >= 0.3 is 0 Å². The molecule has 0 radical (unpaired) electrons. The molecule has 1 aliphatic heterocycles. The van der Waals surface area contributed by atoms with E-state index >= 15 is 0 Å². The van der Waals surface area contributed by atoms with Crippen molar-refractivity contribution in [2.75, 3.05) is 6.54 Å². The second kappa shape index (κ2) is 4.40. The fourth-order valence-electron chi connectivity index (χ4n) is 3.34. The van der Waals surface area contributed by atoms with E-state index in [2.05, 4.69) is 0 Å². The number of carbonyl (C=O) groups is 2. The Labute approximate surface area is 122 Å². The number of hydrogen-bond donors (Lipinski definition) is 1. The molecule has 4 rings (SSSR count). The van der Waals surface area contributed by atoms with E-state index in [0.717, 1.165) is 23.6 Å². The Morgan fingerprint density at radius 2 is 1.62 bits per heavy atom. The van der Waals surface area contributed by atoms with Crippen LogP contribution in [0.15, 0.2) is 36.4 Å².